The Morgan fingerprint density at radius 1 is 1.29 bits per heavy atom. The number of amides is 1. The molecule has 2 heterocycles. The summed E-state index contributed by atoms with van der Waals surface area (Å²) in [6.07, 6.45) is 5.59. The minimum atomic E-state index is 0.387. The summed E-state index contributed by atoms with van der Waals surface area (Å²) in [5.41, 5.74) is 0. The lowest BCUT2D eigenvalue weighted by Gasteiger charge is -2.24. The van der Waals surface area contributed by atoms with Gasteiger partial charge >= 0.3 is 0 Å². The molecule has 0 bridgehead atoms. The summed E-state index contributed by atoms with van der Waals surface area (Å²) in [7, 11) is 0. The van der Waals surface area contributed by atoms with Gasteiger partial charge in [-0.1, -0.05) is 0 Å². The van der Waals surface area contributed by atoms with Crippen LogP contribution in [-0.4, -0.2) is 48.5 Å². The first-order valence-corrected chi connectivity index (χ1v) is 8.08. The number of rotatable bonds is 3. The van der Waals surface area contributed by atoms with E-state index in [0.717, 1.165) is 50.7 Å². The van der Waals surface area contributed by atoms with E-state index < -0.39 is 0 Å². The standard InChI is InChI=1S/C13H24N2OS/c16-13(15-7-2-9-17-10-8-15)5-4-12-3-1-6-14-11-12/h12,14H,1-11H2. The number of thioether (sulfide) groups is 1. The Bertz CT molecular complexity index is 234. The molecule has 17 heavy (non-hydrogen) atoms. The van der Waals surface area contributed by atoms with Gasteiger partial charge in [-0.2, -0.15) is 11.8 Å². The number of hydrogen-bond donors (Lipinski definition) is 1. The molecule has 2 saturated heterocycles. The van der Waals surface area contributed by atoms with E-state index in [9.17, 15) is 4.79 Å². The van der Waals surface area contributed by atoms with Crippen molar-refractivity contribution in [1.29, 1.82) is 0 Å². The van der Waals surface area contributed by atoms with E-state index in [1.165, 1.54) is 25.0 Å². The first-order chi connectivity index (χ1) is 8.36. The topological polar surface area (TPSA) is 32.3 Å². The van der Waals surface area contributed by atoms with Crippen LogP contribution in [0.4, 0.5) is 0 Å². The summed E-state index contributed by atoms with van der Waals surface area (Å²) in [6, 6.07) is 0. The molecule has 2 aliphatic heterocycles. The molecule has 3 nitrogen and oxygen atoms in total. The van der Waals surface area contributed by atoms with Crippen LogP contribution in [-0.2, 0) is 4.79 Å². The second kappa shape index (κ2) is 7.27. The number of piperidine rings is 1. The molecule has 0 radical (unpaired) electrons. The van der Waals surface area contributed by atoms with Crippen LogP contribution in [0.15, 0.2) is 0 Å². The molecule has 1 unspecified atom stereocenters. The largest absolute Gasteiger partial charge is 0.342 e. The number of carbonyl (C=O) groups excluding carboxylic acids is 1. The molecule has 1 atom stereocenters. The van der Waals surface area contributed by atoms with Gasteiger partial charge in [-0.25, -0.2) is 0 Å². The van der Waals surface area contributed by atoms with Crippen LogP contribution in [0.25, 0.3) is 0 Å². The van der Waals surface area contributed by atoms with E-state index in [-0.39, 0.29) is 0 Å². The Morgan fingerprint density at radius 2 is 2.24 bits per heavy atom. The minimum absolute atomic E-state index is 0.387. The van der Waals surface area contributed by atoms with Crippen molar-refractivity contribution in [2.45, 2.75) is 32.1 Å². The lowest BCUT2D eigenvalue weighted by atomic mass is 9.94. The minimum Gasteiger partial charge on any atom is -0.342 e. The van der Waals surface area contributed by atoms with Crippen molar-refractivity contribution < 1.29 is 4.79 Å². The number of nitrogens with zero attached hydrogens (tertiary/aromatic N) is 1. The van der Waals surface area contributed by atoms with Crippen molar-refractivity contribution in [2.24, 2.45) is 5.92 Å². The molecule has 0 aliphatic carbocycles. The third-order valence-corrected chi connectivity index (χ3v) is 4.79. The zero-order valence-corrected chi connectivity index (χ0v) is 11.4. The Kier molecular flexibility index (Phi) is 5.65. The normalized spacial score (nSPS) is 26.6. The van der Waals surface area contributed by atoms with Crippen LogP contribution in [0.3, 0.4) is 0 Å². The average Bonchev–Trinajstić information content (AvgIpc) is 2.66. The summed E-state index contributed by atoms with van der Waals surface area (Å²) in [5, 5.41) is 3.42. The maximum Gasteiger partial charge on any atom is 0.222 e. The van der Waals surface area contributed by atoms with Crippen molar-refractivity contribution in [3.05, 3.63) is 0 Å². The smallest absolute Gasteiger partial charge is 0.222 e. The molecular formula is C13H24N2OS. The van der Waals surface area contributed by atoms with Gasteiger partial charge in [0.1, 0.15) is 0 Å². The van der Waals surface area contributed by atoms with Crippen molar-refractivity contribution in [3.8, 4) is 0 Å². The van der Waals surface area contributed by atoms with Gasteiger partial charge in [0, 0.05) is 25.3 Å². The average molecular weight is 256 g/mol. The second-order valence-electron chi connectivity index (χ2n) is 5.10. The first-order valence-electron chi connectivity index (χ1n) is 6.92. The molecule has 1 amide bonds. The summed E-state index contributed by atoms with van der Waals surface area (Å²) < 4.78 is 0. The van der Waals surface area contributed by atoms with Gasteiger partial charge in [-0.3, -0.25) is 4.79 Å². The molecule has 98 valence electrons. The van der Waals surface area contributed by atoms with E-state index >= 15 is 0 Å². The molecule has 2 rings (SSSR count). The predicted molar refractivity (Wildman–Crippen MR) is 73.3 cm³/mol. The maximum atomic E-state index is 12.1. The molecule has 0 aromatic carbocycles. The van der Waals surface area contributed by atoms with Gasteiger partial charge in [0.25, 0.3) is 0 Å². The third-order valence-electron chi connectivity index (χ3n) is 3.74. The number of hydrogen-bond acceptors (Lipinski definition) is 3. The molecule has 0 spiro atoms. The summed E-state index contributed by atoms with van der Waals surface area (Å²) in [6.45, 7) is 4.22. The Morgan fingerprint density at radius 3 is 3.06 bits per heavy atom. The van der Waals surface area contributed by atoms with Gasteiger partial charge in [0.15, 0.2) is 0 Å². The van der Waals surface area contributed by atoms with Crippen LogP contribution in [0, 0.1) is 5.92 Å². The zero-order valence-electron chi connectivity index (χ0n) is 10.6. The zero-order chi connectivity index (χ0) is 11.9. The lowest BCUT2D eigenvalue weighted by molar-refractivity contribution is -0.131. The van der Waals surface area contributed by atoms with Gasteiger partial charge in [-0.05, 0) is 50.4 Å². The van der Waals surface area contributed by atoms with E-state index in [4.69, 9.17) is 0 Å². The van der Waals surface area contributed by atoms with E-state index in [0.29, 0.717) is 5.91 Å². The fourth-order valence-electron chi connectivity index (χ4n) is 2.65. The van der Waals surface area contributed by atoms with E-state index in [1.54, 1.807) is 0 Å². The van der Waals surface area contributed by atoms with Gasteiger partial charge in [0.2, 0.25) is 5.91 Å². The van der Waals surface area contributed by atoms with Gasteiger partial charge < -0.3 is 10.2 Å². The highest BCUT2D eigenvalue weighted by Gasteiger charge is 2.18. The van der Waals surface area contributed by atoms with Crippen molar-refractivity contribution >= 4 is 17.7 Å². The highest BCUT2D eigenvalue weighted by molar-refractivity contribution is 7.99. The fraction of sp³-hybridized carbons (Fsp3) is 0.923. The molecule has 0 saturated carbocycles. The van der Waals surface area contributed by atoms with E-state index in [2.05, 4.69) is 10.2 Å². The van der Waals surface area contributed by atoms with Crippen molar-refractivity contribution in [2.75, 3.05) is 37.7 Å². The number of carbonyl (C=O) groups is 1. The van der Waals surface area contributed by atoms with E-state index in [1.807, 2.05) is 11.8 Å². The summed E-state index contributed by atoms with van der Waals surface area (Å²) in [4.78, 5) is 14.2. The molecule has 0 aromatic heterocycles. The maximum absolute atomic E-state index is 12.1. The molecular weight excluding hydrogens is 232 g/mol. The molecule has 0 aromatic rings. The lowest BCUT2D eigenvalue weighted by Crippen LogP contribution is -2.34. The third kappa shape index (κ3) is 4.51. The SMILES string of the molecule is O=C(CCC1CCCNC1)N1CCCSCC1. The van der Waals surface area contributed by atoms with Gasteiger partial charge in [-0.15, -0.1) is 0 Å². The summed E-state index contributed by atoms with van der Waals surface area (Å²) in [5.74, 6) is 3.46. The van der Waals surface area contributed by atoms with Crippen molar-refractivity contribution in [1.82, 2.24) is 10.2 Å². The summed E-state index contributed by atoms with van der Waals surface area (Å²) >= 11 is 1.98. The Labute approximate surface area is 109 Å². The van der Waals surface area contributed by atoms with Crippen LogP contribution < -0.4 is 5.32 Å². The molecule has 2 aliphatic rings. The van der Waals surface area contributed by atoms with Crippen LogP contribution in [0.2, 0.25) is 0 Å². The van der Waals surface area contributed by atoms with Crippen molar-refractivity contribution in [3.63, 3.8) is 0 Å². The number of nitrogens with one attached hydrogen (secondary N) is 1. The highest BCUT2D eigenvalue weighted by atomic mass is 32.2. The van der Waals surface area contributed by atoms with Crippen LogP contribution in [0.1, 0.15) is 32.1 Å². The first kappa shape index (κ1) is 13.2. The quantitative estimate of drug-likeness (QED) is 0.834. The van der Waals surface area contributed by atoms with Gasteiger partial charge in [0.05, 0.1) is 0 Å². The van der Waals surface area contributed by atoms with Crippen LogP contribution in [0.5, 0.6) is 0 Å². The Hall–Kier alpha value is -0.220. The fourth-order valence-corrected chi connectivity index (χ4v) is 3.54. The molecule has 4 heteroatoms. The molecule has 1 N–H and O–H groups in total. The highest BCUT2D eigenvalue weighted by Crippen LogP contribution is 2.17. The molecule has 2 fully saturated rings. The van der Waals surface area contributed by atoms with Crippen LogP contribution >= 0.6 is 11.8 Å². The second-order valence-corrected chi connectivity index (χ2v) is 6.32. The Balaban J connectivity index is 1.68. The monoisotopic (exact) mass is 256 g/mol. The predicted octanol–water partition coefficient (Wildman–Crippen LogP) is 1.73.